The van der Waals surface area contributed by atoms with Crippen molar-refractivity contribution in [2.75, 3.05) is 51.9 Å². The van der Waals surface area contributed by atoms with Crippen LogP contribution in [0.1, 0.15) is 37.4 Å². The van der Waals surface area contributed by atoms with Crippen LogP contribution in [-0.4, -0.2) is 73.3 Å². The number of fused-ring (bicyclic) bond motifs is 1. The fourth-order valence-corrected chi connectivity index (χ4v) is 5.01. The Morgan fingerprint density at radius 2 is 2.03 bits per heavy atom. The van der Waals surface area contributed by atoms with Crippen LogP contribution < -0.4 is 14.8 Å². The highest BCUT2D eigenvalue weighted by Gasteiger charge is 2.41. The van der Waals surface area contributed by atoms with Crippen molar-refractivity contribution in [2.45, 2.75) is 44.1 Å². The van der Waals surface area contributed by atoms with E-state index in [0.29, 0.717) is 74.2 Å². The van der Waals surface area contributed by atoms with E-state index in [4.69, 9.17) is 23.5 Å². The van der Waals surface area contributed by atoms with E-state index < -0.39 is 0 Å². The predicted molar refractivity (Wildman–Crippen MR) is 122 cm³/mol. The van der Waals surface area contributed by atoms with Crippen molar-refractivity contribution in [3.63, 3.8) is 0 Å². The SMILES string of the molecule is COCCc1noc(CC2CCOC3(CCN(C(=O)Nc4ccc5c(c4)OCCO5)CC3)C2)n1. The maximum Gasteiger partial charge on any atom is 0.321 e. The number of aromatic nitrogens is 2. The van der Waals surface area contributed by atoms with Gasteiger partial charge >= 0.3 is 6.03 Å². The first kappa shape index (κ1) is 22.9. The predicted octanol–water partition coefficient (Wildman–Crippen LogP) is 3.07. The van der Waals surface area contributed by atoms with Gasteiger partial charge in [0.1, 0.15) is 13.2 Å². The summed E-state index contributed by atoms with van der Waals surface area (Å²) in [6.45, 7) is 3.68. The summed E-state index contributed by atoms with van der Waals surface area (Å²) in [6, 6.07) is 5.37. The van der Waals surface area contributed by atoms with Gasteiger partial charge in [0, 0.05) is 51.4 Å². The van der Waals surface area contributed by atoms with E-state index in [2.05, 4.69) is 15.5 Å². The fraction of sp³-hybridized carbons (Fsp3) is 0.625. The first-order valence-electron chi connectivity index (χ1n) is 12.0. The second kappa shape index (κ2) is 10.2. The summed E-state index contributed by atoms with van der Waals surface area (Å²) in [5, 5.41) is 7.03. The van der Waals surface area contributed by atoms with Crippen LogP contribution in [0.4, 0.5) is 10.5 Å². The lowest BCUT2D eigenvalue weighted by Crippen LogP contribution is -2.51. The van der Waals surface area contributed by atoms with E-state index in [1.54, 1.807) is 7.11 Å². The molecule has 184 valence electrons. The molecule has 3 aliphatic heterocycles. The topological polar surface area (TPSA) is 108 Å². The summed E-state index contributed by atoms with van der Waals surface area (Å²) < 4.78 is 27.9. The second-order valence-corrected chi connectivity index (χ2v) is 9.22. The molecule has 0 radical (unpaired) electrons. The number of nitrogens with one attached hydrogen (secondary N) is 1. The number of amides is 2. The molecular formula is C24H32N4O6. The number of anilines is 1. The molecule has 0 bridgehead atoms. The van der Waals surface area contributed by atoms with Crippen LogP contribution in [-0.2, 0) is 22.3 Å². The van der Waals surface area contributed by atoms with Gasteiger partial charge in [0.05, 0.1) is 12.2 Å². The summed E-state index contributed by atoms with van der Waals surface area (Å²) >= 11 is 0. The summed E-state index contributed by atoms with van der Waals surface area (Å²) in [4.78, 5) is 19.2. The van der Waals surface area contributed by atoms with Gasteiger partial charge in [0.25, 0.3) is 0 Å². The molecule has 2 aromatic rings. The molecule has 1 aromatic carbocycles. The van der Waals surface area contributed by atoms with Gasteiger partial charge in [-0.1, -0.05) is 5.16 Å². The number of methoxy groups -OCH3 is 1. The average Bonchev–Trinajstić information content (AvgIpc) is 3.30. The van der Waals surface area contributed by atoms with Crippen molar-refractivity contribution in [3.05, 3.63) is 29.9 Å². The van der Waals surface area contributed by atoms with Gasteiger partial charge in [-0.2, -0.15) is 4.98 Å². The Hall–Kier alpha value is -2.85. The molecule has 1 N–H and O–H groups in total. The van der Waals surface area contributed by atoms with Crippen molar-refractivity contribution in [1.29, 1.82) is 0 Å². The molecule has 2 fully saturated rings. The van der Waals surface area contributed by atoms with E-state index in [1.807, 2.05) is 23.1 Å². The molecule has 0 aliphatic carbocycles. The Morgan fingerprint density at radius 1 is 1.21 bits per heavy atom. The molecule has 1 unspecified atom stereocenters. The third kappa shape index (κ3) is 5.28. The summed E-state index contributed by atoms with van der Waals surface area (Å²) in [5.41, 5.74) is 0.517. The number of nitrogens with zero attached hydrogens (tertiary/aromatic N) is 3. The van der Waals surface area contributed by atoms with Crippen LogP contribution in [0.15, 0.2) is 22.7 Å². The lowest BCUT2D eigenvalue weighted by Gasteiger charge is -2.46. The molecular weight excluding hydrogens is 440 g/mol. The monoisotopic (exact) mass is 472 g/mol. The third-order valence-corrected chi connectivity index (χ3v) is 6.85. The molecule has 5 rings (SSSR count). The van der Waals surface area contributed by atoms with E-state index in [1.165, 1.54) is 0 Å². The molecule has 0 saturated carbocycles. The Morgan fingerprint density at radius 3 is 2.85 bits per heavy atom. The maximum absolute atomic E-state index is 12.9. The zero-order chi connectivity index (χ0) is 23.4. The van der Waals surface area contributed by atoms with Gasteiger partial charge in [-0.15, -0.1) is 0 Å². The van der Waals surface area contributed by atoms with Crippen molar-refractivity contribution >= 4 is 11.7 Å². The number of hydrogen-bond acceptors (Lipinski definition) is 8. The molecule has 1 spiro atoms. The Labute approximate surface area is 198 Å². The molecule has 3 aliphatic rings. The first-order chi connectivity index (χ1) is 16.6. The van der Waals surface area contributed by atoms with Gasteiger partial charge in [0.15, 0.2) is 17.3 Å². The molecule has 10 nitrogen and oxygen atoms in total. The number of likely N-dealkylation sites (tertiary alicyclic amines) is 1. The molecule has 2 amide bonds. The quantitative estimate of drug-likeness (QED) is 0.683. The second-order valence-electron chi connectivity index (χ2n) is 9.22. The van der Waals surface area contributed by atoms with Crippen LogP contribution in [0.5, 0.6) is 11.5 Å². The standard InChI is InChI=1S/C24H32N4O6/c1-30-10-5-21-26-22(34-27-21)14-17-4-11-33-24(16-17)6-8-28(9-7-24)23(29)25-18-2-3-19-20(15-18)32-13-12-31-19/h2-3,15,17H,4-14,16H2,1H3,(H,25,29). The lowest BCUT2D eigenvalue weighted by atomic mass is 9.78. The Kier molecular flexibility index (Phi) is 6.87. The third-order valence-electron chi connectivity index (χ3n) is 6.85. The van der Waals surface area contributed by atoms with Crippen molar-refractivity contribution in [1.82, 2.24) is 15.0 Å². The number of ether oxygens (including phenoxy) is 4. The molecule has 10 heteroatoms. The zero-order valence-corrected chi connectivity index (χ0v) is 19.6. The lowest BCUT2D eigenvalue weighted by molar-refractivity contribution is -0.123. The number of piperidine rings is 1. The highest BCUT2D eigenvalue weighted by molar-refractivity contribution is 5.89. The smallest absolute Gasteiger partial charge is 0.321 e. The fourth-order valence-electron chi connectivity index (χ4n) is 5.01. The maximum atomic E-state index is 12.9. The first-order valence-corrected chi connectivity index (χ1v) is 12.0. The number of carbonyl (C=O) groups is 1. The minimum absolute atomic E-state index is 0.103. The minimum atomic E-state index is -0.185. The molecule has 1 atom stereocenters. The number of hydrogen-bond donors (Lipinski definition) is 1. The van der Waals surface area contributed by atoms with Crippen LogP contribution in [0.3, 0.4) is 0 Å². The highest BCUT2D eigenvalue weighted by atomic mass is 16.6. The van der Waals surface area contributed by atoms with Gasteiger partial charge in [-0.05, 0) is 43.7 Å². The Bertz CT molecular complexity index is 988. The normalized spacial score (nSPS) is 21.4. The number of urea groups is 1. The van der Waals surface area contributed by atoms with E-state index in [0.717, 1.165) is 38.7 Å². The van der Waals surface area contributed by atoms with Gasteiger partial charge < -0.3 is 33.7 Å². The molecule has 34 heavy (non-hydrogen) atoms. The van der Waals surface area contributed by atoms with Crippen LogP contribution in [0, 0.1) is 5.92 Å². The number of rotatable bonds is 6. The Balaban J connectivity index is 1.12. The summed E-state index contributed by atoms with van der Waals surface area (Å²) in [6.07, 6.45) is 4.98. The molecule has 1 aromatic heterocycles. The van der Waals surface area contributed by atoms with E-state index in [-0.39, 0.29) is 11.6 Å². The minimum Gasteiger partial charge on any atom is -0.486 e. The van der Waals surface area contributed by atoms with Crippen molar-refractivity contribution in [3.8, 4) is 11.5 Å². The van der Waals surface area contributed by atoms with Crippen molar-refractivity contribution < 1.29 is 28.3 Å². The molecule has 2 saturated heterocycles. The van der Waals surface area contributed by atoms with Gasteiger partial charge in [-0.3, -0.25) is 0 Å². The number of benzene rings is 1. The average molecular weight is 473 g/mol. The zero-order valence-electron chi connectivity index (χ0n) is 19.6. The van der Waals surface area contributed by atoms with Crippen molar-refractivity contribution in [2.24, 2.45) is 5.92 Å². The summed E-state index contributed by atoms with van der Waals surface area (Å²) in [7, 11) is 1.66. The molecule has 4 heterocycles. The van der Waals surface area contributed by atoms with E-state index in [9.17, 15) is 4.79 Å². The van der Waals surface area contributed by atoms with Crippen LogP contribution >= 0.6 is 0 Å². The van der Waals surface area contributed by atoms with Crippen LogP contribution in [0.25, 0.3) is 0 Å². The summed E-state index contributed by atoms with van der Waals surface area (Å²) in [5.74, 6) is 3.18. The van der Waals surface area contributed by atoms with Gasteiger partial charge in [0.2, 0.25) is 5.89 Å². The van der Waals surface area contributed by atoms with Crippen LogP contribution in [0.2, 0.25) is 0 Å². The highest BCUT2D eigenvalue weighted by Crippen LogP contribution is 2.39. The van der Waals surface area contributed by atoms with E-state index >= 15 is 0 Å². The number of carbonyl (C=O) groups excluding carboxylic acids is 1. The van der Waals surface area contributed by atoms with Gasteiger partial charge in [-0.25, -0.2) is 4.79 Å². The largest absolute Gasteiger partial charge is 0.486 e.